The summed E-state index contributed by atoms with van der Waals surface area (Å²) in [6.07, 6.45) is 1.72. The van der Waals surface area contributed by atoms with Gasteiger partial charge in [0.25, 0.3) is 11.6 Å². The topological polar surface area (TPSA) is 72.2 Å². The zero-order valence-electron chi connectivity index (χ0n) is 10.8. The van der Waals surface area contributed by atoms with Crippen molar-refractivity contribution >= 4 is 23.2 Å². The van der Waals surface area contributed by atoms with Gasteiger partial charge in [-0.25, -0.2) is 0 Å². The molecule has 1 aromatic rings. The Bertz CT molecular complexity index is 451. The van der Waals surface area contributed by atoms with Gasteiger partial charge < -0.3 is 5.32 Å². The van der Waals surface area contributed by atoms with Crippen LogP contribution < -0.4 is 5.32 Å². The Labute approximate surface area is 117 Å². The van der Waals surface area contributed by atoms with Gasteiger partial charge in [-0.05, 0) is 24.8 Å². The van der Waals surface area contributed by atoms with Gasteiger partial charge in [-0.15, -0.1) is 11.6 Å². The number of nitro benzene ring substituents is 1. The highest BCUT2D eigenvalue weighted by Gasteiger charge is 2.18. The van der Waals surface area contributed by atoms with Crippen LogP contribution in [0.2, 0.25) is 0 Å². The van der Waals surface area contributed by atoms with Crippen molar-refractivity contribution in [1.29, 1.82) is 0 Å². The zero-order valence-corrected chi connectivity index (χ0v) is 11.5. The number of alkyl halides is 1. The van der Waals surface area contributed by atoms with Crippen molar-refractivity contribution in [3.63, 3.8) is 0 Å². The molecule has 1 atom stereocenters. The molecule has 1 rings (SSSR count). The molecule has 0 aliphatic rings. The van der Waals surface area contributed by atoms with Gasteiger partial charge in [-0.3, -0.25) is 14.9 Å². The summed E-state index contributed by atoms with van der Waals surface area (Å²) < 4.78 is 0. The van der Waals surface area contributed by atoms with E-state index in [0.717, 1.165) is 12.8 Å². The first-order valence-electron chi connectivity index (χ1n) is 6.13. The SMILES string of the molecule is CC(CCl)CCCNC(=O)c1ccccc1[N+](=O)[O-]. The minimum atomic E-state index is -0.551. The number of nitro groups is 1. The van der Waals surface area contributed by atoms with E-state index in [-0.39, 0.29) is 11.3 Å². The minimum absolute atomic E-state index is 0.0953. The number of nitrogens with zero attached hydrogens (tertiary/aromatic N) is 1. The van der Waals surface area contributed by atoms with E-state index in [1.807, 2.05) is 6.92 Å². The van der Waals surface area contributed by atoms with Crippen LogP contribution in [0, 0.1) is 16.0 Å². The largest absolute Gasteiger partial charge is 0.352 e. The molecule has 0 spiro atoms. The summed E-state index contributed by atoms with van der Waals surface area (Å²) in [5.41, 5.74) is -0.0768. The first-order chi connectivity index (χ1) is 9.06. The molecular weight excluding hydrogens is 268 g/mol. The molecule has 0 fully saturated rings. The van der Waals surface area contributed by atoms with Crippen LogP contribution in [-0.2, 0) is 0 Å². The van der Waals surface area contributed by atoms with Gasteiger partial charge in [0.05, 0.1) is 4.92 Å². The van der Waals surface area contributed by atoms with Gasteiger partial charge in [0.1, 0.15) is 5.56 Å². The molecule has 0 radical (unpaired) electrons. The van der Waals surface area contributed by atoms with E-state index in [1.165, 1.54) is 18.2 Å². The Morgan fingerprint density at radius 3 is 2.79 bits per heavy atom. The highest BCUT2D eigenvalue weighted by atomic mass is 35.5. The van der Waals surface area contributed by atoms with Crippen molar-refractivity contribution in [1.82, 2.24) is 5.32 Å². The molecule has 1 unspecified atom stereocenters. The molecule has 0 heterocycles. The molecule has 0 saturated heterocycles. The molecule has 104 valence electrons. The molecule has 0 bridgehead atoms. The van der Waals surface area contributed by atoms with Crippen molar-refractivity contribution < 1.29 is 9.72 Å². The van der Waals surface area contributed by atoms with E-state index in [0.29, 0.717) is 18.3 Å². The van der Waals surface area contributed by atoms with E-state index in [1.54, 1.807) is 6.07 Å². The number of benzene rings is 1. The monoisotopic (exact) mass is 284 g/mol. The van der Waals surface area contributed by atoms with Crippen LogP contribution in [0.3, 0.4) is 0 Å². The quantitative estimate of drug-likeness (QED) is 0.362. The Hall–Kier alpha value is -1.62. The Balaban J connectivity index is 2.52. The summed E-state index contributed by atoms with van der Waals surface area (Å²) >= 11 is 5.68. The standard InChI is InChI=1S/C13H17ClN2O3/c1-10(9-14)5-4-8-15-13(17)11-6-2-3-7-12(11)16(18)19/h2-3,6-7,10H,4-5,8-9H2,1H3,(H,15,17). The van der Waals surface area contributed by atoms with Crippen molar-refractivity contribution in [2.45, 2.75) is 19.8 Å². The summed E-state index contributed by atoms with van der Waals surface area (Å²) in [4.78, 5) is 22.1. The maximum Gasteiger partial charge on any atom is 0.282 e. The lowest BCUT2D eigenvalue weighted by Crippen LogP contribution is -2.25. The number of nitrogens with one attached hydrogen (secondary N) is 1. The summed E-state index contributed by atoms with van der Waals surface area (Å²) in [7, 11) is 0. The van der Waals surface area contributed by atoms with Gasteiger partial charge in [0.2, 0.25) is 0 Å². The number of para-hydroxylation sites is 1. The van der Waals surface area contributed by atoms with Crippen molar-refractivity contribution in [3.05, 3.63) is 39.9 Å². The van der Waals surface area contributed by atoms with E-state index in [2.05, 4.69) is 5.32 Å². The summed E-state index contributed by atoms with van der Waals surface area (Å²) in [5.74, 6) is 0.591. The number of carbonyl (C=O) groups excluding carboxylic acids is 1. The first-order valence-corrected chi connectivity index (χ1v) is 6.67. The molecule has 0 aliphatic carbocycles. The Morgan fingerprint density at radius 2 is 2.16 bits per heavy atom. The fraction of sp³-hybridized carbons (Fsp3) is 0.462. The third-order valence-corrected chi connectivity index (χ3v) is 3.29. The van der Waals surface area contributed by atoms with Gasteiger partial charge in [-0.1, -0.05) is 19.1 Å². The van der Waals surface area contributed by atoms with Crippen molar-refractivity contribution in [2.75, 3.05) is 12.4 Å². The maximum atomic E-state index is 11.8. The van der Waals surface area contributed by atoms with Crippen LogP contribution in [0.25, 0.3) is 0 Å². The van der Waals surface area contributed by atoms with Gasteiger partial charge >= 0.3 is 0 Å². The van der Waals surface area contributed by atoms with Crippen LogP contribution in [-0.4, -0.2) is 23.3 Å². The fourth-order valence-electron chi connectivity index (χ4n) is 1.65. The number of amides is 1. The zero-order chi connectivity index (χ0) is 14.3. The molecule has 6 heteroatoms. The molecule has 1 amide bonds. The molecule has 0 aromatic heterocycles. The number of hydrogen-bond acceptors (Lipinski definition) is 3. The summed E-state index contributed by atoms with van der Waals surface area (Å²) in [6.45, 7) is 2.53. The van der Waals surface area contributed by atoms with E-state index in [9.17, 15) is 14.9 Å². The van der Waals surface area contributed by atoms with E-state index >= 15 is 0 Å². The second-order valence-corrected chi connectivity index (χ2v) is 4.74. The third kappa shape index (κ3) is 4.87. The second-order valence-electron chi connectivity index (χ2n) is 4.43. The van der Waals surface area contributed by atoms with Gasteiger partial charge in [0, 0.05) is 18.5 Å². The minimum Gasteiger partial charge on any atom is -0.352 e. The molecule has 19 heavy (non-hydrogen) atoms. The molecular formula is C13H17ClN2O3. The van der Waals surface area contributed by atoms with E-state index < -0.39 is 10.8 Å². The lowest BCUT2D eigenvalue weighted by molar-refractivity contribution is -0.385. The van der Waals surface area contributed by atoms with Crippen LogP contribution in [0.1, 0.15) is 30.1 Å². The number of carbonyl (C=O) groups is 1. The summed E-state index contributed by atoms with van der Waals surface area (Å²) in [6, 6.07) is 5.92. The Kier molecular flexibility index (Phi) is 6.29. The van der Waals surface area contributed by atoms with Gasteiger partial charge in [0.15, 0.2) is 0 Å². The normalized spacial score (nSPS) is 11.9. The predicted molar refractivity (Wildman–Crippen MR) is 74.5 cm³/mol. The van der Waals surface area contributed by atoms with Gasteiger partial charge in [-0.2, -0.15) is 0 Å². The van der Waals surface area contributed by atoms with Crippen LogP contribution in [0.5, 0.6) is 0 Å². The van der Waals surface area contributed by atoms with Crippen LogP contribution in [0.15, 0.2) is 24.3 Å². The molecule has 0 aliphatic heterocycles. The maximum absolute atomic E-state index is 11.8. The highest BCUT2D eigenvalue weighted by molar-refractivity contribution is 6.18. The predicted octanol–water partition coefficient (Wildman–Crippen LogP) is 2.98. The molecule has 1 aromatic carbocycles. The first kappa shape index (κ1) is 15.4. The summed E-state index contributed by atoms with van der Waals surface area (Å²) in [5, 5.41) is 13.5. The molecule has 5 nitrogen and oxygen atoms in total. The van der Waals surface area contributed by atoms with Crippen LogP contribution in [0.4, 0.5) is 5.69 Å². The second kappa shape index (κ2) is 7.74. The lowest BCUT2D eigenvalue weighted by atomic mass is 10.1. The number of rotatable bonds is 7. The average Bonchev–Trinajstić information content (AvgIpc) is 2.42. The molecule has 0 saturated carbocycles. The number of hydrogen-bond donors (Lipinski definition) is 1. The molecule has 1 N–H and O–H groups in total. The smallest absolute Gasteiger partial charge is 0.282 e. The Morgan fingerprint density at radius 1 is 1.47 bits per heavy atom. The highest BCUT2D eigenvalue weighted by Crippen LogP contribution is 2.17. The van der Waals surface area contributed by atoms with Crippen LogP contribution >= 0.6 is 11.6 Å². The third-order valence-electron chi connectivity index (χ3n) is 2.77. The van der Waals surface area contributed by atoms with E-state index in [4.69, 9.17) is 11.6 Å². The van der Waals surface area contributed by atoms with Crippen molar-refractivity contribution in [2.24, 2.45) is 5.92 Å². The number of halogens is 1. The van der Waals surface area contributed by atoms with Crippen molar-refractivity contribution in [3.8, 4) is 0 Å². The average molecular weight is 285 g/mol. The lowest BCUT2D eigenvalue weighted by Gasteiger charge is -2.08. The fourth-order valence-corrected chi connectivity index (χ4v) is 1.80.